The highest BCUT2D eigenvalue weighted by Gasteiger charge is 2.22. The summed E-state index contributed by atoms with van der Waals surface area (Å²) in [6.07, 6.45) is 2.88. The first-order chi connectivity index (χ1) is 11.3. The van der Waals surface area contributed by atoms with Crippen molar-refractivity contribution in [3.05, 3.63) is 59.4 Å². The average molecular weight is 310 g/mol. The number of hydrogen-bond donors (Lipinski definition) is 2. The largest absolute Gasteiger partial charge is 0.488 e. The van der Waals surface area contributed by atoms with Gasteiger partial charge in [0.25, 0.3) is 0 Å². The van der Waals surface area contributed by atoms with Crippen LogP contribution in [0.4, 0.5) is 0 Å². The second-order valence-electron chi connectivity index (χ2n) is 5.63. The maximum atomic E-state index is 5.93. The molecule has 0 saturated heterocycles. The van der Waals surface area contributed by atoms with Gasteiger partial charge in [-0.1, -0.05) is 24.3 Å². The minimum Gasteiger partial charge on any atom is -0.488 e. The molecule has 2 aromatic rings. The number of ether oxygens (including phenoxy) is 1. The number of nitrogens with one attached hydrogen (secondary N) is 2. The second kappa shape index (κ2) is 7.13. The van der Waals surface area contributed by atoms with E-state index in [1.165, 1.54) is 11.1 Å². The predicted octanol–water partition coefficient (Wildman–Crippen LogP) is 2.06. The van der Waals surface area contributed by atoms with E-state index in [9.17, 15) is 0 Å². The summed E-state index contributed by atoms with van der Waals surface area (Å²) >= 11 is 0. The Morgan fingerprint density at radius 2 is 2.13 bits per heavy atom. The summed E-state index contributed by atoms with van der Waals surface area (Å²) in [5.74, 6) is 1.75. The number of aliphatic imine (C=N–C) groups is 1. The molecule has 1 aromatic heterocycles. The van der Waals surface area contributed by atoms with Crippen LogP contribution in [0.2, 0.25) is 0 Å². The summed E-state index contributed by atoms with van der Waals surface area (Å²) in [6, 6.07) is 12.2. The Bertz CT molecular complexity index is 674. The highest BCUT2D eigenvalue weighted by molar-refractivity contribution is 5.79. The van der Waals surface area contributed by atoms with E-state index in [2.05, 4.69) is 39.7 Å². The van der Waals surface area contributed by atoms with Crippen LogP contribution in [0.3, 0.4) is 0 Å². The molecule has 1 aliphatic rings. The number of rotatable bonds is 4. The van der Waals surface area contributed by atoms with Gasteiger partial charge in [-0.2, -0.15) is 0 Å². The van der Waals surface area contributed by atoms with Crippen LogP contribution in [0.5, 0.6) is 5.75 Å². The smallest absolute Gasteiger partial charge is 0.191 e. The van der Waals surface area contributed by atoms with Crippen LogP contribution in [-0.4, -0.2) is 30.6 Å². The first kappa shape index (κ1) is 15.3. The van der Waals surface area contributed by atoms with Crippen LogP contribution in [0.1, 0.15) is 16.8 Å². The summed E-state index contributed by atoms with van der Waals surface area (Å²) in [5.41, 5.74) is 3.47. The van der Waals surface area contributed by atoms with Crippen LogP contribution in [0.15, 0.2) is 47.6 Å². The highest BCUT2D eigenvalue weighted by Crippen LogP contribution is 2.27. The Morgan fingerprint density at radius 1 is 1.26 bits per heavy atom. The number of benzene rings is 1. The van der Waals surface area contributed by atoms with E-state index in [0.29, 0.717) is 6.54 Å². The van der Waals surface area contributed by atoms with Gasteiger partial charge >= 0.3 is 0 Å². The molecular weight excluding hydrogens is 288 g/mol. The van der Waals surface area contributed by atoms with Gasteiger partial charge in [0.05, 0.1) is 18.8 Å². The predicted molar refractivity (Wildman–Crippen MR) is 91.7 cm³/mol. The second-order valence-corrected chi connectivity index (χ2v) is 5.63. The quantitative estimate of drug-likeness (QED) is 0.670. The molecule has 23 heavy (non-hydrogen) atoms. The Balaban J connectivity index is 1.49. The minimum atomic E-state index is 0.141. The van der Waals surface area contributed by atoms with Gasteiger partial charge in [-0.15, -0.1) is 0 Å². The van der Waals surface area contributed by atoms with Gasteiger partial charge in [0, 0.05) is 19.7 Å². The van der Waals surface area contributed by atoms with Crippen LogP contribution in [0.25, 0.3) is 0 Å². The minimum absolute atomic E-state index is 0.141. The van der Waals surface area contributed by atoms with Gasteiger partial charge < -0.3 is 15.4 Å². The highest BCUT2D eigenvalue weighted by atomic mass is 16.5. The van der Waals surface area contributed by atoms with Crippen LogP contribution >= 0.6 is 0 Å². The van der Waals surface area contributed by atoms with E-state index in [1.54, 1.807) is 7.05 Å². The van der Waals surface area contributed by atoms with E-state index in [0.717, 1.165) is 30.4 Å². The van der Waals surface area contributed by atoms with Gasteiger partial charge in [0.15, 0.2) is 5.96 Å². The Labute approximate surface area is 136 Å². The summed E-state index contributed by atoms with van der Waals surface area (Å²) in [7, 11) is 1.77. The first-order valence-electron chi connectivity index (χ1n) is 7.86. The van der Waals surface area contributed by atoms with Crippen LogP contribution < -0.4 is 15.4 Å². The van der Waals surface area contributed by atoms with Crippen molar-refractivity contribution in [2.24, 2.45) is 4.99 Å². The Morgan fingerprint density at radius 3 is 2.91 bits per heavy atom. The average Bonchev–Trinajstić information content (AvgIpc) is 2.99. The summed E-state index contributed by atoms with van der Waals surface area (Å²) in [5, 5.41) is 6.61. The third kappa shape index (κ3) is 3.80. The van der Waals surface area contributed by atoms with Crippen molar-refractivity contribution in [3.8, 4) is 5.75 Å². The van der Waals surface area contributed by atoms with Gasteiger partial charge in [-0.25, -0.2) is 0 Å². The van der Waals surface area contributed by atoms with Crippen LogP contribution in [-0.2, 0) is 13.0 Å². The molecule has 2 N–H and O–H groups in total. The molecule has 0 aliphatic carbocycles. The lowest BCUT2D eigenvalue weighted by Crippen LogP contribution is -2.42. The van der Waals surface area contributed by atoms with E-state index in [1.807, 2.05) is 30.5 Å². The molecule has 2 heterocycles. The number of guanidine groups is 1. The summed E-state index contributed by atoms with van der Waals surface area (Å²) < 4.78 is 5.93. The van der Waals surface area contributed by atoms with Crippen molar-refractivity contribution in [2.75, 3.05) is 13.6 Å². The molecule has 1 atom stereocenters. The number of pyridine rings is 1. The summed E-state index contributed by atoms with van der Waals surface area (Å²) in [6.45, 7) is 3.43. The SMILES string of the molecule is CN=C(NCc1ncccc1C)NCC1Cc2ccccc2O1. The number of aromatic nitrogens is 1. The van der Waals surface area contributed by atoms with Crippen molar-refractivity contribution in [1.29, 1.82) is 0 Å². The molecule has 0 bridgehead atoms. The number of hydrogen-bond acceptors (Lipinski definition) is 3. The van der Waals surface area contributed by atoms with E-state index in [-0.39, 0.29) is 6.10 Å². The maximum absolute atomic E-state index is 5.93. The lowest BCUT2D eigenvalue weighted by molar-refractivity contribution is 0.235. The third-order valence-electron chi connectivity index (χ3n) is 3.98. The Hall–Kier alpha value is -2.56. The molecule has 1 aliphatic heterocycles. The van der Waals surface area contributed by atoms with Crippen molar-refractivity contribution in [3.63, 3.8) is 0 Å². The van der Waals surface area contributed by atoms with Crippen molar-refractivity contribution in [2.45, 2.75) is 26.0 Å². The molecule has 0 saturated carbocycles. The van der Waals surface area contributed by atoms with Crippen LogP contribution in [0, 0.1) is 6.92 Å². The third-order valence-corrected chi connectivity index (χ3v) is 3.98. The topological polar surface area (TPSA) is 58.5 Å². The van der Waals surface area contributed by atoms with Gasteiger partial charge in [-0.3, -0.25) is 9.98 Å². The molecule has 0 fully saturated rings. The number of aryl methyl sites for hydroxylation is 1. The van der Waals surface area contributed by atoms with Gasteiger partial charge in [-0.05, 0) is 30.2 Å². The van der Waals surface area contributed by atoms with Crippen molar-refractivity contribution >= 4 is 5.96 Å². The zero-order chi connectivity index (χ0) is 16.1. The fourth-order valence-corrected chi connectivity index (χ4v) is 2.67. The molecule has 120 valence electrons. The number of fused-ring (bicyclic) bond motifs is 1. The summed E-state index contributed by atoms with van der Waals surface area (Å²) in [4.78, 5) is 8.63. The fraction of sp³-hybridized carbons (Fsp3) is 0.333. The van der Waals surface area contributed by atoms with E-state index < -0.39 is 0 Å². The molecular formula is C18H22N4O. The fourth-order valence-electron chi connectivity index (χ4n) is 2.67. The molecule has 1 aromatic carbocycles. The molecule has 0 spiro atoms. The Kier molecular flexibility index (Phi) is 4.76. The van der Waals surface area contributed by atoms with Crippen molar-refractivity contribution < 1.29 is 4.74 Å². The lowest BCUT2D eigenvalue weighted by Gasteiger charge is -2.16. The van der Waals surface area contributed by atoms with Crippen molar-refractivity contribution in [1.82, 2.24) is 15.6 Å². The molecule has 0 radical (unpaired) electrons. The van der Waals surface area contributed by atoms with Gasteiger partial charge in [0.2, 0.25) is 0 Å². The number of para-hydroxylation sites is 1. The normalized spacial score (nSPS) is 16.6. The van der Waals surface area contributed by atoms with E-state index in [4.69, 9.17) is 4.74 Å². The maximum Gasteiger partial charge on any atom is 0.191 e. The molecule has 5 heteroatoms. The first-order valence-corrected chi connectivity index (χ1v) is 7.86. The molecule has 5 nitrogen and oxygen atoms in total. The monoisotopic (exact) mass is 310 g/mol. The zero-order valence-electron chi connectivity index (χ0n) is 13.5. The standard InChI is InChI=1S/C18H22N4O/c1-13-6-5-9-20-16(13)12-22-18(19-2)21-11-15-10-14-7-3-4-8-17(14)23-15/h3-9,15H,10-12H2,1-2H3,(H2,19,21,22). The van der Waals surface area contributed by atoms with E-state index >= 15 is 0 Å². The lowest BCUT2D eigenvalue weighted by atomic mass is 10.1. The number of nitrogens with zero attached hydrogens (tertiary/aromatic N) is 2. The molecule has 1 unspecified atom stereocenters. The molecule has 0 amide bonds. The molecule has 3 rings (SSSR count). The zero-order valence-corrected chi connectivity index (χ0v) is 13.5. The van der Waals surface area contributed by atoms with Gasteiger partial charge in [0.1, 0.15) is 11.9 Å².